The van der Waals surface area contributed by atoms with Crippen LogP contribution >= 0.6 is 0 Å². The van der Waals surface area contributed by atoms with Crippen molar-refractivity contribution < 1.29 is 52.3 Å². The molecule has 61 heavy (non-hydrogen) atoms. The first-order valence-electron chi connectivity index (χ1n) is 23.8. The normalized spacial score (nSPS) is 14.8. The van der Waals surface area contributed by atoms with Crippen molar-refractivity contribution >= 4 is 24.1 Å². The molecule has 350 valence electrons. The lowest BCUT2D eigenvalue weighted by molar-refractivity contribution is -0.161. The SMILES string of the molecule is CC/C=C\CCCCOC(CCC(=O)OCC(COC(=O)CCCCCCC(=O)OCCC#CCCCC)COC(=O)OCC1CCCN(CC)C1)OCCCC/C=C\CC. The van der Waals surface area contributed by atoms with E-state index < -0.39 is 30.3 Å². The minimum Gasteiger partial charge on any atom is -0.465 e. The average Bonchev–Trinajstić information content (AvgIpc) is 3.27. The lowest BCUT2D eigenvalue weighted by Gasteiger charge is -2.31. The number of piperidine rings is 1. The number of hydrogen-bond donors (Lipinski definition) is 0. The molecule has 0 aromatic rings. The highest BCUT2D eigenvalue weighted by Crippen LogP contribution is 2.17. The van der Waals surface area contributed by atoms with Gasteiger partial charge < -0.3 is 38.1 Å². The number of nitrogens with zero attached hydrogens (tertiary/aromatic N) is 1. The van der Waals surface area contributed by atoms with Crippen molar-refractivity contribution in [1.82, 2.24) is 4.90 Å². The van der Waals surface area contributed by atoms with Gasteiger partial charge in [0.15, 0.2) is 6.29 Å². The molecule has 1 aliphatic heterocycles. The van der Waals surface area contributed by atoms with Crippen LogP contribution in [0.4, 0.5) is 4.79 Å². The molecule has 1 saturated heterocycles. The third-order valence-corrected chi connectivity index (χ3v) is 10.2. The Kier molecular flexibility index (Phi) is 37.1. The summed E-state index contributed by atoms with van der Waals surface area (Å²) >= 11 is 0. The molecule has 12 nitrogen and oxygen atoms in total. The molecule has 1 aliphatic rings. The summed E-state index contributed by atoms with van der Waals surface area (Å²) in [5, 5.41) is 0. The molecule has 0 bridgehead atoms. The summed E-state index contributed by atoms with van der Waals surface area (Å²) < 4.78 is 39.4. The fraction of sp³-hybridized carbons (Fsp3) is 0.796. The van der Waals surface area contributed by atoms with Gasteiger partial charge in [0.25, 0.3) is 0 Å². The first-order valence-corrected chi connectivity index (χ1v) is 23.8. The molecular weight excluding hydrogens is 779 g/mol. The molecular formula is C49H83NO11. The highest BCUT2D eigenvalue weighted by Gasteiger charge is 2.23. The van der Waals surface area contributed by atoms with E-state index in [4.69, 9.17) is 33.2 Å². The van der Waals surface area contributed by atoms with Crippen molar-refractivity contribution in [3.05, 3.63) is 24.3 Å². The summed E-state index contributed by atoms with van der Waals surface area (Å²) in [6, 6.07) is 0. The standard InChI is InChI=1S/C49H83NO11/c1-5-9-12-15-20-25-35-55-45(51)30-23-18-19-24-31-46(52)58-40-44(42-61-49(54)60-39-43-29-28-34-50(8-4)38-43)41-59-47(53)32-33-48(56-36-26-21-16-13-10-6-2)57-37-27-22-17-14-11-7-3/h10-11,13-14,43-44,48H,5-9,12,16-19,21-42H2,1-4H3/b13-10-,14-11-. The van der Waals surface area contributed by atoms with Crippen molar-refractivity contribution in [3.63, 3.8) is 0 Å². The summed E-state index contributed by atoms with van der Waals surface area (Å²) in [6.07, 6.45) is 24.8. The number of hydrogen-bond acceptors (Lipinski definition) is 12. The van der Waals surface area contributed by atoms with Crippen molar-refractivity contribution in [2.45, 2.75) is 175 Å². The van der Waals surface area contributed by atoms with Crippen LogP contribution in [0.15, 0.2) is 24.3 Å². The predicted octanol–water partition coefficient (Wildman–Crippen LogP) is 10.5. The maximum atomic E-state index is 13.0. The van der Waals surface area contributed by atoms with E-state index in [9.17, 15) is 19.2 Å². The van der Waals surface area contributed by atoms with Crippen LogP contribution in [-0.4, -0.2) is 101 Å². The van der Waals surface area contributed by atoms with Gasteiger partial charge in [0.05, 0.1) is 18.9 Å². The van der Waals surface area contributed by atoms with E-state index in [-0.39, 0.29) is 51.2 Å². The van der Waals surface area contributed by atoms with Gasteiger partial charge in [0.1, 0.15) is 26.4 Å². The Labute approximate surface area is 369 Å². The number of esters is 3. The van der Waals surface area contributed by atoms with E-state index in [0.29, 0.717) is 51.9 Å². The number of carbonyl (C=O) groups excluding carboxylic acids is 4. The van der Waals surface area contributed by atoms with Gasteiger partial charge in [-0.1, -0.05) is 77.2 Å². The van der Waals surface area contributed by atoms with Crippen LogP contribution in [0.3, 0.4) is 0 Å². The minimum absolute atomic E-state index is 0.0836. The fourth-order valence-corrected chi connectivity index (χ4v) is 6.50. The number of unbranched alkanes of at least 4 members (excludes halogenated alkanes) is 9. The van der Waals surface area contributed by atoms with E-state index in [2.05, 4.69) is 68.7 Å². The number of rotatable bonds is 37. The summed E-state index contributed by atoms with van der Waals surface area (Å²) in [5.74, 6) is 4.73. The predicted molar refractivity (Wildman–Crippen MR) is 240 cm³/mol. The van der Waals surface area contributed by atoms with Crippen molar-refractivity contribution in [1.29, 1.82) is 0 Å². The highest BCUT2D eigenvalue weighted by molar-refractivity contribution is 5.70. The third kappa shape index (κ3) is 34.8. The van der Waals surface area contributed by atoms with Crippen LogP contribution in [0.25, 0.3) is 0 Å². The molecule has 2 atom stereocenters. The molecule has 0 saturated carbocycles. The summed E-state index contributed by atoms with van der Waals surface area (Å²) in [4.78, 5) is 52.5. The van der Waals surface area contributed by atoms with Gasteiger partial charge in [-0.25, -0.2) is 4.79 Å². The second-order valence-electron chi connectivity index (χ2n) is 15.8. The van der Waals surface area contributed by atoms with Gasteiger partial charge >= 0.3 is 24.1 Å². The largest absolute Gasteiger partial charge is 0.508 e. The maximum absolute atomic E-state index is 13.0. The quantitative estimate of drug-likeness (QED) is 0.0147. The van der Waals surface area contributed by atoms with Gasteiger partial charge in [-0.05, 0) is 96.6 Å². The van der Waals surface area contributed by atoms with E-state index >= 15 is 0 Å². The Balaban J connectivity index is 2.59. The smallest absolute Gasteiger partial charge is 0.465 e. The molecule has 0 radical (unpaired) electrons. The second kappa shape index (κ2) is 40.7. The lowest BCUT2D eigenvalue weighted by Crippen LogP contribution is -2.37. The van der Waals surface area contributed by atoms with Crippen molar-refractivity contribution in [3.8, 4) is 11.8 Å². The summed E-state index contributed by atoms with van der Waals surface area (Å²) in [6.45, 7) is 12.7. The number of carbonyl (C=O) groups is 4. The second-order valence-corrected chi connectivity index (χ2v) is 15.8. The lowest BCUT2D eigenvalue weighted by atomic mass is 9.99. The molecule has 1 fully saturated rings. The zero-order chi connectivity index (χ0) is 44.4. The van der Waals surface area contributed by atoms with Crippen LogP contribution in [-0.2, 0) is 47.5 Å². The summed E-state index contributed by atoms with van der Waals surface area (Å²) in [5.41, 5.74) is 0. The molecule has 0 N–H and O–H groups in total. The van der Waals surface area contributed by atoms with Crippen LogP contribution < -0.4 is 0 Å². The Bertz CT molecular complexity index is 1220. The highest BCUT2D eigenvalue weighted by atomic mass is 16.7. The molecule has 0 aliphatic carbocycles. The molecule has 0 aromatic heterocycles. The minimum atomic E-state index is -0.795. The molecule has 12 heteroatoms. The van der Waals surface area contributed by atoms with Crippen LogP contribution in [0, 0.1) is 23.7 Å². The Morgan fingerprint density at radius 1 is 0.623 bits per heavy atom. The first-order chi connectivity index (χ1) is 29.8. The number of ether oxygens (including phenoxy) is 7. The van der Waals surface area contributed by atoms with E-state index in [0.717, 1.165) is 116 Å². The molecule has 0 spiro atoms. The van der Waals surface area contributed by atoms with Crippen molar-refractivity contribution in [2.24, 2.45) is 11.8 Å². The van der Waals surface area contributed by atoms with Crippen molar-refractivity contribution in [2.75, 3.05) is 65.9 Å². The van der Waals surface area contributed by atoms with Gasteiger partial charge in [-0.15, -0.1) is 5.92 Å². The third-order valence-electron chi connectivity index (χ3n) is 10.2. The van der Waals surface area contributed by atoms with E-state index in [1.165, 1.54) is 0 Å². The Morgan fingerprint density at radius 3 is 1.82 bits per heavy atom. The molecule has 1 rings (SSSR count). The Morgan fingerprint density at radius 2 is 1.21 bits per heavy atom. The van der Waals surface area contributed by atoms with Gasteiger partial charge in [0.2, 0.25) is 0 Å². The molecule has 0 aromatic carbocycles. The zero-order valence-electron chi connectivity index (χ0n) is 38.6. The Hall–Kier alpha value is -3.40. The fourth-order valence-electron chi connectivity index (χ4n) is 6.50. The van der Waals surface area contributed by atoms with Gasteiger partial charge in [-0.3, -0.25) is 14.4 Å². The van der Waals surface area contributed by atoms with E-state index in [1.54, 1.807) is 0 Å². The molecule has 0 amide bonds. The average molecular weight is 862 g/mol. The summed E-state index contributed by atoms with van der Waals surface area (Å²) in [7, 11) is 0. The van der Waals surface area contributed by atoms with Gasteiger partial charge in [-0.2, -0.15) is 0 Å². The van der Waals surface area contributed by atoms with Crippen LogP contribution in [0.5, 0.6) is 0 Å². The zero-order valence-corrected chi connectivity index (χ0v) is 38.6. The number of allylic oxidation sites excluding steroid dienone is 4. The van der Waals surface area contributed by atoms with Gasteiger partial charge in [0, 0.05) is 57.8 Å². The van der Waals surface area contributed by atoms with Crippen LogP contribution in [0.1, 0.15) is 169 Å². The van der Waals surface area contributed by atoms with E-state index in [1.807, 2.05) is 0 Å². The molecule has 1 heterocycles. The molecule has 2 unspecified atom stereocenters. The first kappa shape index (κ1) is 55.6. The maximum Gasteiger partial charge on any atom is 0.508 e. The number of likely N-dealkylation sites (tertiary alicyclic amines) is 1. The monoisotopic (exact) mass is 862 g/mol. The van der Waals surface area contributed by atoms with Crippen LogP contribution in [0.2, 0.25) is 0 Å². The topological polar surface area (TPSA) is 136 Å².